The van der Waals surface area contributed by atoms with Crippen molar-refractivity contribution in [1.29, 1.82) is 0 Å². The summed E-state index contributed by atoms with van der Waals surface area (Å²) in [6.45, 7) is 8.16. The van der Waals surface area contributed by atoms with Crippen molar-refractivity contribution in [3.05, 3.63) is 39.6 Å². The molecule has 0 fully saturated rings. The van der Waals surface area contributed by atoms with E-state index < -0.39 is 0 Å². The minimum atomic E-state index is 0.401. The van der Waals surface area contributed by atoms with Crippen LogP contribution in [0.5, 0.6) is 5.75 Å². The normalized spacial score (nSPS) is 10.9. The van der Waals surface area contributed by atoms with Crippen LogP contribution in [0.2, 0.25) is 15.1 Å². The molecule has 0 aliphatic rings. The summed E-state index contributed by atoms with van der Waals surface area (Å²) in [5.74, 6) is 1.30. The van der Waals surface area contributed by atoms with Crippen molar-refractivity contribution in [2.24, 2.45) is 4.99 Å². The first-order valence-corrected chi connectivity index (χ1v) is 8.40. The van der Waals surface area contributed by atoms with E-state index in [1.807, 2.05) is 11.9 Å². The Morgan fingerprint density at radius 1 is 1.26 bits per heavy atom. The molecule has 0 atom stereocenters. The fraction of sp³-hybridized carbons (Fsp3) is 0.438. The Morgan fingerprint density at radius 2 is 1.87 bits per heavy atom. The molecule has 0 heterocycles. The number of benzene rings is 1. The van der Waals surface area contributed by atoms with E-state index in [1.54, 1.807) is 25.5 Å². The first-order valence-electron chi connectivity index (χ1n) is 7.27. The lowest BCUT2D eigenvalue weighted by Crippen LogP contribution is -2.35. The molecule has 0 saturated heterocycles. The lowest BCUT2D eigenvalue weighted by molar-refractivity contribution is 0.219. The summed E-state index contributed by atoms with van der Waals surface area (Å²) in [5, 5.41) is 1.28. The van der Waals surface area contributed by atoms with Crippen LogP contribution in [0.1, 0.15) is 13.3 Å². The third-order valence-electron chi connectivity index (χ3n) is 3.13. The van der Waals surface area contributed by atoms with E-state index in [4.69, 9.17) is 39.5 Å². The number of ether oxygens (including phenoxy) is 1. The van der Waals surface area contributed by atoms with Crippen molar-refractivity contribution in [3.8, 4) is 5.75 Å². The lowest BCUT2D eigenvalue weighted by atomic mass is 10.3. The Morgan fingerprint density at radius 3 is 2.39 bits per heavy atom. The topological polar surface area (TPSA) is 28.1 Å². The van der Waals surface area contributed by atoms with Crippen molar-refractivity contribution in [2.45, 2.75) is 13.3 Å². The highest BCUT2D eigenvalue weighted by Crippen LogP contribution is 2.35. The SMILES string of the molecule is C=C(N(C)C=NC)N(CCC)CCOc1c(Cl)cc(Cl)cc1Cl. The van der Waals surface area contributed by atoms with Crippen molar-refractivity contribution in [1.82, 2.24) is 9.80 Å². The number of halogens is 3. The van der Waals surface area contributed by atoms with Crippen LogP contribution in [-0.4, -0.2) is 49.9 Å². The van der Waals surface area contributed by atoms with E-state index >= 15 is 0 Å². The first kappa shape index (κ1) is 19.9. The summed E-state index contributed by atoms with van der Waals surface area (Å²) in [5.41, 5.74) is 0. The molecule has 0 amide bonds. The van der Waals surface area contributed by atoms with Gasteiger partial charge in [0.2, 0.25) is 0 Å². The zero-order chi connectivity index (χ0) is 17.4. The molecular weight excluding hydrogens is 357 g/mol. The fourth-order valence-electron chi connectivity index (χ4n) is 2.03. The summed E-state index contributed by atoms with van der Waals surface area (Å²) >= 11 is 18.1. The van der Waals surface area contributed by atoms with Crippen LogP contribution in [0.4, 0.5) is 0 Å². The zero-order valence-electron chi connectivity index (χ0n) is 13.7. The predicted octanol–water partition coefficient (Wildman–Crippen LogP) is 4.80. The van der Waals surface area contributed by atoms with Gasteiger partial charge in [0.25, 0.3) is 0 Å². The van der Waals surface area contributed by atoms with E-state index in [-0.39, 0.29) is 0 Å². The molecule has 0 N–H and O–H groups in total. The Bertz CT molecular complexity index is 540. The van der Waals surface area contributed by atoms with E-state index in [2.05, 4.69) is 23.4 Å². The molecule has 23 heavy (non-hydrogen) atoms. The monoisotopic (exact) mass is 377 g/mol. The largest absolute Gasteiger partial charge is 0.489 e. The van der Waals surface area contributed by atoms with E-state index in [0.717, 1.165) is 18.8 Å². The van der Waals surface area contributed by atoms with Crippen LogP contribution < -0.4 is 4.74 Å². The molecule has 4 nitrogen and oxygen atoms in total. The summed E-state index contributed by atoms with van der Waals surface area (Å²) in [7, 11) is 3.63. The smallest absolute Gasteiger partial charge is 0.156 e. The maximum absolute atomic E-state index is 6.11. The molecule has 0 saturated carbocycles. The summed E-state index contributed by atoms with van der Waals surface area (Å²) in [6.07, 6.45) is 2.72. The average Bonchev–Trinajstić information content (AvgIpc) is 2.48. The molecule has 7 heteroatoms. The van der Waals surface area contributed by atoms with Crippen molar-refractivity contribution in [3.63, 3.8) is 0 Å². The van der Waals surface area contributed by atoms with E-state index in [9.17, 15) is 0 Å². The number of nitrogens with zero attached hydrogens (tertiary/aromatic N) is 3. The minimum absolute atomic E-state index is 0.401. The second kappa shape index (κ2) is 9.91. The summed E-state index contributed by atoms with van der Waals surface area (Å²) < 4.78 is 5.73. The molecular formula is C16H22Cl3N3O. The molecule has 128 valence electrons. The molecule has 0 aromatic heterocycles. The van der Waals surface area contributed by atoms with E-state index in [0.29, 0.717) is 34.0 Å². The van der Waals surface area contributed by atoms with Gasteiger partial charge in [-0.3, -0.25) is 4.99 Å². The molecule has 1 aromatic rings. The van der Waals surface area contributed by atoms with Gasteiger partial charge in [-0.05, 0) is 18.6 Å². The molecule has 0 spiro atoms. The van der Waals surface area contributed by atoms with Gasteiger partial charge in [0, 0.05) is 25.7 Å². The third kappa shape index (κ3) is 6.13. The fourth-order valence-corrected chi connectivity index (χ4v) is 2.95. The molecule has 1 rings (SSSR count). The highest BCUT2D eigenvalue weighted by Gasteiger charge is 2.12. The Hall–Kier alpha value is -1.10. The minimum Gasteiger partial charge on any atom is -0.489 e. The van der Waals surface area contributed by atoms with Crippen LogP contribution in [0.25, 0.3) is 0 Å². The van der Waals surface area contributed by atoms with Crippen LogP contribution in [-0.2, 0) is 0 Å². The van der Waals surface area contributed by atoms with E-state index in [1.165, 1.54) is 0 Å². The van der Waals surface area contributed by atoms with Gasteiger partial charge in [-0.2, -0.15) is 0 Å². The standard InChI is InChI=1S/C16H22Cl3N3O/c1-5-6-22(12(2)21(4)11-20-3)7-8-23-16-14(18)9-13(17)10-15(16)19/h9-11H,2,5-8H2,1,3-4H3. The zero-order valence-corrected chi connectivity index (χ0v) is 15.9. The van der Waals surface area contributed by atoms with Gasteiger partial charge in [0.15, 0.2) is 5.75 Å². The number of hydrogen-bond acceptors (Lipinski definition) is 3. The maximum Gasteiger partial charge on any atom is 0.156 e. The molecule has 1 aromatic carbocycles. The average molecular weight is 379 g/mol. The molecule has 0 bridgehead atoms. The Kier molecular flexibility index (Phi) is 8.59. The van der Waals surface area contributed by atoms with Crippen LogP contribution in [0.15, 0.2) is 29.5 Å². The van der Waals surface area contributed by atoms with Crippen molar-refractivity contribution >= 4 is 41.1 Å². The van der Waals surface area contributed by atoms with Gasteiger partial charge in [-0.1, -0.05) is 48.3 Å². The van der Waals surface area contributed by atoms with Gasteiger partial charge in [0.1, 0.15) is 12.4 Å². The second-order valence-electron chi connectivity index (χ2n) is 4.93. The number of rotatable bonds is 9. The Labute approximate surface area is 153 Å². The van der Waals surface area contributed by atoms with Gasteiger partial charge < -0.3 is 14.5 Å². The summed E-state index contributed by atoms with van der Waals surface area (Å²) in [4.78, 5) is 7.99. The molecule has 0 radical (unpaired) electrons. The van der Waals surface area contributed by atoms with Gasteiger partial charge >= 0.3 is 0 Å². The second-order valence-corrected chi connectivity index (χ2v) is 6.19. The van der Waals surface area contributed by atoms with Crippen molar-refractivity contribution in [2.75, 3.05) is 33.8 Å². The highest BCUT2D eigenvalue weighted by atomic mass is 35.5. The van der Waals surface area contributed by atoms with Crippen LogP contribution in [0.3, 0.4) is 0 Å². The quantitative estimate of drug-likeness (QED) is 0.456. The number of aliphatic imine (C=N–C) groups is 1. The Balaban J connectivity index is 2.68. The van der Waals surface area contributed by atoms with Crippen LogP contribution in [0, 0.1) is 0 Å². The maximum atomic E-state index is 6.11. The van der Waals surface area contributed by atoms with Gasteiger partial charge in [-0.25, -0.2) is 0 Å². The molecule has 0 aliphatic heterocycles. The lowest BCUT2D eigenvalue weighted by Gasteiger charge is -2.30. The predicted molar refractivity (Wildman–Crippen MR) is 100 cm³/mol. The molecule has 0 aliphatic carbocycles. The molecule has 0 unspecified atom stereocenters. The highest BCUT2D eigenvalue weighted by molar-refractivity contribution is 6.40. The third-order valence-corrected chi connectivity index (χ3v) is 3.90. The number of hydrogen-bond donors (Lipinski definition) is 0. The first-order chi connectivity index (χ1) is 10.9. The van der Waals surface area contributed by atoms with Gasteiger partial charge in [-0.15, -0.1) is 0 Å². The summed E-state index contributed by atoms with van der Waals surface area (Å²) in [6, 6.07) is 3.22. The van der Waals surface area contributed by atoms with Gasteiger partial charge in [0.05, 0.1) is 22.9 Å². The van der Waals surface area contributed by atoms with Crippen molar-refractivity contribution < 1.29 is 4.74 Å². The van der Waals surface area contributed by atoms with Crippen LogP contribution >= 0.6 is 34.8 Å².